The predicted octanol–water partition coefficient (Wildman–Crippen LogP) is 2.82. The smallest absolute Gasteiger partial charge is 0.309 e. The summed E-state index contributed by atoms with van der Waals surface area (Å²) < 4.78 is 10.4. The number of benzene rings is 2. The van der Waals surface area contributed by atoms with Crippen molar-refractivity contribution in [1.82, 2.24) is 0 Å². The van der Waals surface area contributed by atoms with Gasteiger partial charge in [0.2, 0.25) is 0 Å². The molecule has 0 heterocycles. The number of para-hydroxylation sites is 2. The van der Waals surface area contributed by atoms with Gasteiger partial charge in [-0.25, -0.2) is 0 Å². The van der Waals surface area contributed by atoms with E-state index >= 15 is 0 Å². The molecule has 128 valence electrons. The summed E-state index contributed by atoms with van der Waals surface area (Å²) in [4.78, 5) is 23.5. The summed E-state index contributed by atoms with van der Waals surface area (Å²) >= 11 is 0. The highest BCUT2D eigenvalue weighted by molar-refractivity contribution is 5.93. The lowest BCUT2D eigenvalue weighted by Crippen LogP contribution is -2.22. The van der Waals surface area contributed by atoms with Gasteiger partial charge in [-0.3, -0.25) is 9.59 Å². The van der Waals surface area contributed by atoms with Crippen molar-refractivity contribution in [2.24, 2.45) is 0 Å². The molecule has 2 aromatic carbocycles. The van der Waals surface area contributed by atoms with Gasteiger partial charge in [-0.15, -0.1) is 0 Å². The maximum Gasteiger partial charge on any atom is 0.309 e. The predicted molar refractivity (Wildman–Crippen MR) is 92.0 cm³/mol. The number of esters is 1. The quantitative estimate of drug-likeness (QED) is 0.784. The van der Waals surface area contributed by atoms with E-state index in [-0.39, 0.29) is 13.0 Å². The molecule has 0 saturated heterocycles. The monoisotopic (exact) mass is 338 g/mol. The van der Waals surface area contributed by atoms with Crippen molar-refractivity contribution < 1.29 is 19.1 Å². The molecule has 1 amide bonds. The highest BCUT2D eigenvalue weighted by Crippen LogP contribution is 2.16. The first-order valence-electron chi connectivity index (χ1n) is 7.73. The van der Waals surface area contributed by atoms with Crippen LogP contribution in [0, 0.1) is 18.3 Å². The molecule has 2 rings (SSSR count). The van der Waals surface area contributed by atoms with Crippen molar-refractivity contribution >= 4 is 17.6 Å². The second-order valence-electron chi connectivity index (χ2n) is 5.23. The van der Waals surface area contributed by atoms with Crippen LogP contribution in [0.5, 0.6) is 5.75 Å². The highest BCUT2D eigenvalue weighted by atomic mass is 16.5. The number of nitrogens with one attached hydrogen (secondary N) is 1. The zero-order valence-electron chi connectivity index (χ0n) is 13.8. The molecule has 0 saturated carbocycles. The van der Waals surface area contributed by atoms with Crippen LogP contribution in [-0.4, -0.2) is 25.1 Å². The Bertz CT molecular complexity index is 796. The minimum Gasteiger partial charge on any atom is -0.493 e. The van der Waals surface area contributed by atoms with E-state index in [4.69, 9.17) is 14.7 Å². The molecule has 0 unspecified atom stereocenters. The van der Waals surface area contributed by atoms with Crippen LogP contribution in [0.2, 0.25) is 0 Å². The van der Waals surface area contributed by atoms with Crippen molar-refractivity contribution in [3.63, 3.8) is 0 Å². The van der Waals surface area contributed by atoms with E-state index in [0.717, 1.165) is 5.56 Å². The molecule has 6 heteroatoms. The Balaban J connectivity index is 1.72. The molecule has 0 radical (unpaired) electrons. The number of amides is 1. The number of nitriles is 1. The molecule has 0 aromatic heterocycles. The van der Waals surface area contributed by atoms with E-state index in [2.05, 4.69) is 5.32 Å². The van der Waals surface area contributed by atoms with Gasteiger partial charge in [-0.2, -0.15) is 5.26 Å². The SMILES string of the molecule is Cc1ccccc1OCCC(=O)OCC(=O)Nc1ccccc1C#N. The summed E-state index contributed by atoms with van der Waals surface area (Å²) in [5, 5.41) is 11.5. The largest absolute Gasteiger partial charge is 0.493 e. The van der Waals surface area contributed by atoms with Gasteiger partial charge in [0.1, 0.15) is 11.8 Å². The molecular formula is C19H18N2O4. The molecule has 0 aliphatic heterocycles. The minimum absolute atomic E-state index is 0.0381. The van der Waals surface area contributed by atoms with Gasteiger partial charge < -0.3 is 14.8 Å². The Morgan fingerprint density at radius 3 is 2.60 bits per heavy atom. The van der Waals surface area contributed by atoms with E-state index < -0.39 is 18.5 Å². The number of hydrogen-bond donors (Lipinski definition) is 1. The molecule has 0 aliphatic carbocycles. The van der Waals surface area contributed by atoms with Gasteiger partial charge in [-0.05, 0) is 30.7 Å². The van der Waals surface area contributed by atoms with Crippen LogP contribution in [0.25, 0.3) is 0 Å². The Kier molecular flexibility index (Phi) is 6.55. The van der Waals surface area contributed by atoms with Gasteiger partial charge in [0.25, 0.3) is 5.91 Å². The third kappa shape index (κ3) is 5.66. The van der Waals surface area contributed by atoms with Crippen LogP contribution in [-0.2, 0) is 14.3 Å². The van der Waals surface area contributed by atoms with E-state index in [1.54, 1.807) is 24.3 Å². The van der Waals surface area contributed by atoms with Crippen LogP contribution < -0.4 is 10.1 Å². The standard InChI is InChI=1S/C19H18N2O4/c1-14-6-2-5-9-17(14)24-11-10-19(23)25-13-18(22)21-16-8-4-3-7-15(16)12-20/h2-9H,10-11,13H2,1H3,(H,21,22). The van der Waals surface area contributed by atoms with E-state index in [0.29, 0.717) is 17.0 Å². The molecule has 6 nitrogen and oxygen atoms in total. The number of ether oxygens (including phenoxy) is 2. The fourth-order valence-corrected chi connectivity index (χ4v) is 2.06. The van der Waals surface area contributed by atoms with Gasteiger partial charge in [0.05, 0.1) is 24.3 Å². The summed E-state index contributed by atoms with van der Waals surface area (Å²) in [5.74, 6) is -0.325. The summed E-state index contributed by atoms with van der Waals surface area (Å²) in [6.45, 7) is 1.67. The normalized spacial score (nSPS) is 9.76. The van der Waals surface area contributed by atoms with Gasteiger partial charge in [0.15, 0.2) is 6.61 Å². The maximum atomic E-state index is 11.8. The van der Waals surface area contributed by atoms with Crippen LogP contribution in [0.4, 0.5) is 5.69 Å². The first kappa shape index (κ1) is 18.0. The Labute approximate surface area is 146 Å². The first-order valence-corrected chi connectivity index (χ1v) is 7.73. The number of carbonyl (C=O) groups is 2. The molecular weight excluding hydrogens is 320 g/mol. The van der Waals surface area contributed by atoms with Crippen LogP contribution in [0.15, 0.2) is 48.5 Å². The summed E-state index contributed by atoms with van der Waals surface area (Å²) in [6, 6.07) is 16.1. The third-order valence-electron chi connectivity index (χ3n) is 3.34. The Hall–Kier alpha value is -3.33. The van der Waals surface area contributed by atoms with Gasteiger partial charge in [0, 0.05) is 0 Å². The average Bonchev–Trinajstić information content (AvgIpc) is 2.62. The number of carbonyl (C=O) groups excluding carboxylic acids is 2. The zero-order chi connectivity index (χ0) is 18.1. The fourth-order valence-electron chi connectivity index (χ4n) is 2.06. The lowest BCUT2D eigenvalue weighted by Gasteiger charge is -2.09. The summed E-state index contributed by atoms with van der Waals surface area (Å²) in [7, 11) is 0. The molecule has 2 aromatic rings. The second-order valence-corrected chi connectivity index (χ2v) is 5.23. The van der Waals surface area contributed by atoms with Gasteiger partial charge in [-0.1, -0.05) is 30.3 Å². The molecule has 0 fully saturated rings. The van der Waals surface area contributed by atoms with Crippen molar-refractivity contribution in [3.05, 3.63) is 59.7 Å². The van der Waals surface area contributed by atoms with E-state index in [9.17, 15) is 9.59 Å². The lowest BCUT2D eigenvalue weighted by molar-refractivity contribution is -0.147. The van der Waals surface area contributed by atoms with Crippen molar-refractivity contribution in [2.75, 3.05) is 18.5 Å². The van der Waals surface area contributed by atoms with Crippen LogP contribution in [0.1, 0.15) is 17.5 Å². The fraction of sp³-hybridized carbons (Fsp3) is 0.211. The topological polar surface area (TPSA) is 88.4 Å². The maximum absolute atomic E-state index is 11.8. The number of hydrogen-bond acceptors (Lipinski definition) is 5. The zero-order valence-corrected chi connectivity index (χ0v) is 13.8. The van der Waals surface area contributed by atoms with E-state index in [1.165, 1.54) is 0 Å². The molecule has 0 atom stereocenters. The van der Waals surface area contributed by atoms with Crippen LogP contribution >= 0.6 is 0 Å². The number of anilines is 1. The molecule has 0 aliphatic rings. The van der Waals surface area contributed by atoms with Crippen molar-refractivity contribution in [3.8, 4) is 11.8 Å². The van der Waals surface area contributed by atoms with Crippen LogP contribution in [0.3, 0.4) is 0 Å². The average molecular weight is 338 g/mol. The Morgan fingerprint density at radius 1 is 1.12 bits per heavy atom. The summed E-state index contributed by atoms with van der Waals surface area (Å²) in [6.07, 6.45) is 0.0381. The lowest BCUT2D eigenvalue weighted by atomic mass is 10.2. The third-order valence-corrected chi connectivity index (χ3v) is 3.34. The Morgan fingerprint density at radius 2 is 1.84 bits per heavy atom. The molecule has 25 heavy (non-hydrogen) atoms. The number of aryl methyl sites for hydroxylation is 1. The second kappa shape index (κ2) is 9.08. The summed E-state index contributed by atoms with van der Waals surface area (Å²) in [5.41, 5.74) is 1.70. The van der Waals surface area contributed by atoms with Crippen molar-refractivity contribution in [1.29, 1.82) is 5.26 Å². The molecule has 0 spiro atoms. The molecule has 1 N–H and O–H groups in total. The van der Waals surface area contributed by atoms with Gasteiger partial charge >= 0.3 is 5.97 Å². The molecule has 0 bridgehead atoms. The number of rotatable bonds is 7. The first-order chi connectivity index (χ1) is 12.1. The highest BCUT2D eigenvalue weighted by Gasteiger charge is 2.10. The number of nitrogens with zero attached hydrogens (tertiary/aromatic N) is 1. The van der Waals surface area contributed by atoms with Crippen molar-refractivity contribution in [2.45, 2.75) is 13.3 Å². The minimum atomic E-state index is -0.530. The van der Waals surface area contributed by atoms with E-state index in [1.807, 2.05) is 37.3 Å².